The molecule has 1 rings (SSSR count). The van der Waals surface area contributed by atoms with Crippen LogP contribution >= 0.6 is 8.53 Å². The molecule has 0 amide bonds. The van der Waals surface area contributed by atoms with Crippen LogP contribution in [0.15, 0.2) is 30.3 Å². The van der Waals surface area contributed by atoms with Crippen LogP contribution in [0, 0.1) is 6.57 Å². The lowest BCUT2D eigenvalue weighted by Gasteiger charge is -2.38. The number of carbonyl (C=O) groups is 1. The highest BCUT2D eigenvalue weighted by molar-refractivity contribution is 7.44. The lowest BCUT2D eigenvalue weighted by atomic mass is 10.0. The summed E-state index contributed by atoms with van der Waals surface area (Å²) < 4.78 is 25.7. The quantitative estimate of drug-likeness (QED) is 0.123. The van der Waals surface area contributed by atoms with Gasteiger partial charge in [-0.2, -0.15) is 0 Å². The fourth-order valence-electron chi connectivity index (χ4n) is 3.12. The maximum Gasteiger partial charge on any atom is 0.338 e. The molecule has 4 atom stereocenters. The number of carbonyl (C=O) groups excluding carboxylic acids is 1. The van der Waals surface area contributed by atoms with Gasteiger partial charge in [-0.3, -0.25) is 0 Å². The van der Waals surface area contributed by atoms with E-state index in [1.165, 1.54) is 0 Å². The summed E-state index contributed by atoms with van der Waals surface area (Å²) in [6.07, 6.45) is 0.0433. The Balaban J connectivity index is 2.70. The van der Waals surface area contributed by atoms with Crippen molar-refractivity contribution in [2.45, 2.75) is 78.3 Å². The first kappa shape index (κ1) is 28.5. The summed E-state index contributed by atoms with van der Waals surface area (Å²) in [6.45, 7) is 19.8. The smallest absolute Gasteiger partial charge is 0.338 e. The van der Waals surface area contributed by atoms with Crippen molar-refractivity contribution in [1.29, 1.82) is 0 Å². The Kier molecular flexibility index (Phi) is 13.7. The third kappa shape index (κ3) is 9.98. The van der Waals surface area contributed by atoms with E-state index in [9.17, 15) is 4.79 Å². The van der Waals surface area contributed by atoms with Gasteiger partial charge in [0.2, 0.25) is 6.54 Å². The minimum absolute atomic E-state index is 0.0582. The first-order valence-corrected chi connectivity index (χ1v) is 12.2. The van der Waals surface area contributed by atoms with E-state index in [0.29, 0.717) is 18.6 Å². The second-order valence-electron chi connectivity index (χ2n) is 7.92. The predicted octanol–water partition coefficient (Wildman–Crippen LogP) is 4.82. The summed E-state index contributed by atoms with van der Waals surface area (Å²) >= 11 is 0. The van der Waals surface area contributed by atoms with E-state index >= 15 is 0 Å². The standard InChI is InChI=1S/C23H36BN2O5P/c1-8-21(30-22(24)16-28-23(27)20-12-10-9-11-13-20)19(6)31-32(29-15-14-25-7)26(17(2)3)18(4)5/h9-13,17-19,21-22H,8,14-16H2,1-6H3/t19-,21-,22-,32?/m1/s1. The maximum absolute atomic E-state index is 12.1. The normalized spacial score (nSPS) is 15.4. The van der Waals surface area contributed by atoms with E-state index in [4.69, 9.17) is 32.9 Å². The number of esters is 1. The lowest BCUT2D eigenvalue weighted by Crippen LogP contribution is -2.38. The molecule has 9 heteroatoms. The number of rotatable bonds is 15. The van der Waals surface area contributed by atoms with Gasteiger partial charge in [0.25, 0.3) is 8.53 Å². The van der Waals surface area contributed by atoms with Gasteiger partial charge in [-0.15, -0.1) is 0 Å². The van der Waals surface area contributed by atoms with Crippen molar-refractivity contribution >= 4 is 22.3 Å². The summed E-state index contributed by atoms with van der Waals surface area (Å²) in [4.78, 5) is 15.5. The Morgan fingerprint density at radius 2 is 1.78 bits per heavy atom. The van der Waals surface area contributed by atoms with Crippen LogP contribution in [-0.2, 0) is 18.5 Å². The molecule has 0 saturated heterocycles. The van der Waals surface area contributed by atoms with Crippen molar-refractivity contribution in [2.75, 3.05) is 19.8 Å². The first-order chi connectivity index (χ1) is 15.2. The molecule has 1 aromatic carbocycles. The first-order valence-electron chi connectivity index (χ1n) is 11.1. The van der Waals surface area contributed by atoms with E-state index < -0.39 is 20.5 Å². The molecule has 7 nitrogen and oxygen atoms in total. The van der Waals surface area contributed by atoms with E-state index in [1.807, 2.05) is 19.9 Å². The Hall–Kier alpha value is -1.49. The zero-order valence-corrected chi connectivity index (χ0v) is 21.0. The molecule has 0 aliphatic rings. The van der Waals surface area contributed by atoms with Crippen molar-refractivity contribution in [3.05, 3.63) is 47.3 Å². The van der Waals surface area contributed by atoms with Crippen molar-refractivity contribution in [3.63, 3.8) is 0 Å². The Bertz CT molecular complexity index is 693. The van der Waals surface area contributed by atoms with Crippen LogP contribution in [-0.4, -0.2) is 68.5 Å². The number of hydrogen-bond acceptors (Lipinski definition) is 6. The molecule has 0 aliphatic heterocycles. The molecule has 0 aromatic heterocycles. The van der Waals surface area contributed by atoms with Crippen LogP contribution in [0.2, 0.25) is 0 Å². The van der Waals surface area contributed by atoms with E-state index in [-0.39, 0.29) is 37.4 Å². The van der Waals surface area contributed by atoms with Crippen LogP contribution in [0.25, 0.3) is 4.85 Å². The molecule has 0 N–H and O–H groups in total. The number of hydrogen-bond donors (Lipinski definition) is 0. The highest BCUT2D eigenvalue weighted by atomic mass is 31.2. The molecule has 2 radical (unpaired) electrons. The Morgan fingerprint density at radius 3 is 2.31 bits per heavy atom. The van der Waals surface area contributed by atoms with Gasteiger partial charge in [-0.05, 0) is 53.2 Å². The molecule has 0 heterocycles. The minimum atomic E-state index is -1.38. The van der Waals surface area contributed by atoms with Gasteiger partial charge in [0.1, 0.15) is 21.1 Å². The average Bonchev–Trinajstić information content (AvgIpc) is 2.75. The summed E-state index contributed by atoms with van der Waals surface area (Å²) in [5.41, 5.74) is 0.466. The topological polar surface area (TPSA) is 61.6 Å². The van der Waals surface area contributed by atoms with Gasteiger partial charge in [0.05, 0.1) is 23.8 Å². The van der Waals surface area contributed by atoms with Crippen LogP contribution in [0.5, 0.6) is 0 Å². The molecule has 176 valence electrons. The number of ether oxygens (including phenoxy) is 2. The van der Waals surface area contributed by atoms with Crippen LogP contribution in [0.4, 0.5) is 0 Å². The number of benzene rings is 1. The molecule has 0 saturated carbocycles. The van der Waals surface area contributed by atoms with Crippen molar-refractivity contribution in [2.24, 2.45) is 0 Å². The Labute approximate surface area is 195 Å². The van der Waals surface area contributed by atoms with E-state index in [2.05, 4.69) is 37.2 Å². The molecular formula is C23H36BN2O5P. The maximum atomic E-state index is 12.1. The fraction of sp³-hybridized carbons (Fsp3) is 0.652. The van der Waals surface area contributed by atoms with Gasteiger partial charge in [0, 0.05) is 12.1 Å². The third-order valence-electron chi connectivity index (χ3n) is 4.57. The van der Waals surface area contributed by atoms with Crippen LogP contribution in [0.3, 0.4) is 0 Å². The highest BCUT2D eigenvalue weighted by Crippen LogP contribution is 2.47. The van der Waals surface area contributed by atoms with Crippen LogP contribution in [0.1, 0.15) is 58.3 Å². The zero-order valence-electron chi connectivity index (χ0n) is 20.1. The molecule has 1 aromatic rings. The second kappa shape index (κ2) is 15.4. The molecule has 0 bridgehead atoms. The van der Waals surface area contributed by atoms with E-state index in [1.54, 1.807) is 24.3 Å². The monoisotopic (exact) mass is 462 g/mol. The Morgan fingerprint density at radius 1 is 1.16 bits per heavy atom. The van der Waals surface area contributed by atoms with Crippen LogP contribution < -0.4 is 0 Å². The molecule has 0 fully saturated rings. The minimum Gasteiger partial charge on any atom is -0.460 e. The average molecular weight is 462 g/mol. The number of nitrogens with zero attached hydrogens (tertiary/aromatic N) is 2. The zero-order chi connectivity index (χ0) is 24.1. The SMILES string of the molecule is [B][C@@H](COC(=O)c1ccccc1)O[C@H](CC)[C@@H](C)OP(OCC[N+]#[C-])N(C(C)C)C(C)C. The summed E-state index contributed by atoms with van der Waals surface area (Å²) in [5.74, 6) is -0.441. The summed E-state index contributed by atoms with van der Waals surface area (Å²) in [5, 5.41) is 0. The summed E-state index contributed by atoms with van der Waals surface area (Å²) in [7, 11) is 4.69. The van der Waals surface area contributed by atoms with Crippen molar-refractivity contribution < 1.29 is 23.3 Å². The van der Waals surface area contributed by atoms with Gasteiger partial charge in [0.15, 0.2) is 0 Å². The highest BCUT2D eigenvalue weighted by Gasteiger charge is 2.31. The van der Waals surface area contributed by atoms with E-state index in [0.717, 1.165) is 0 Å². The molecule has 32 heavy (non-hydrogen) atoms. The predicted molar refractivity (Wildman–Crippen MR) is 128 cm³/mol. The van der Waals surface area contributed by atoms with Gasteiger partial charge in [-0.25, -0.2) is 16.0 Å². The van der Waals surface area contributed by atoms with Gasteiger partial charge >= 0.3 is 5.97 Å². The largest absolute Gasteiger partial charge is 0.460 e. The summed E-state index contributed by atoms with van der Waals surface area (Å²) in [6, 6.07) is 8.39. The molecule has 0 aliphatic carbocycles. The second-order valence-corrected chi connectivity index (χ2v) is 9.32. The van der Waals surface area contributed by atoms with Gasteiger partial charge in [-0.1, -0.05) is 25.1 Å². The van der Waals surface area contributed by atoms with Crippen molar-refractivity contribution in [3.8, 4) is 0 Å². The van der Waals surface area contributed by atoms with Gasteiger partial charge < -0.3 is 23.4 Å². The third-order valence-corrected chi connectivity index (χ3v) is 6.79. The fourth-order valence-corrected chi connectivity index (χ4v) is 4.83. The van der Waals surface area contributed by atoms with Crippen molar-refractivity contribution in [1.82, 2.24) is 4.67 Å². The molecular weight excluding hydrogens is 426 g/mol. The molecule has 0 spiro atoms. The molecule has 1 unspecified atom stereocenters. The lowest BCUT2D eigenvalue weighted by molar-refractivity contribution is -0.0573.